The Morgan fingerprint density at radius 3 is 2.61 bits per heavy atom. The Hall–Kier alpha value is -3.15. The normalized spacial score (nSPS) is 10.3. The van der Waals surface area contributed by atoms with Gasteiger partial charge in [-0.05, 0) is 30.5 Å². The fourth-order valence-electron chi connectivity index (χ4n) is 2.68. The number of thioether (sulfide) groups is 1. The number of primary amides is 1. The molecule has 3 N–H and O–H groups in total. The highest BCUT2D eigenvalue weighted by Crippen LogP contribution is 2.37. The number of aryl methyl sites for hydroxylation is 1. The summed E-state index contributed by atoms with van der Waals surface area (Å²) in [7, 11) is 0. The number of para-hydroxylation sites is 1. The van der Waals surface area contributed by atoms with Gasteiger partial charge < -0.3 is 11.1 Å². The van der Waals surface area contributed by atoms with Crippen LogP contribution in [0.1, 0.15) is 21.6 Å². The van der Waals surface area contributed by atoms with E-state index in [4.69, 9.17) is 5.73 Å². The highest BCUT2D eigenvalue weighted by molar-refractivity contribution is 8.00. The van der Waals surface area contributed by atoms with Gasteiger partial charge in [-0.2, -0.15) is 5.26 Å². The number of carbonyl (C=O) groups excluding carboxylic acids is 2. The minimum atomic E-state index is -0.503. The Labute approximate surface area is 170 Å². The number of aromatic nitrogens is 1. The van der Waals surface area contributed by atoms with E-state index in [0.717, 1.165) is 16.6 Å². The number of pyridine rings is 1. The lowest BCUT2D eigenvalue weighted by Crippen LogP contribution is -2.17. The van der Waals surface area contributed by atoms with Gasteiger partial charge in [0.05, 0.1) is 22.6 Å². The molecule has 2 heterocycles. The minimum Gasteiger partial charge on any atom is -0.369 e. The molecule has 0 spiro atoms. The number of nitriles is 1. The lowest BCUT2D eigenvalue weighted by Gasteiger charge is -2.15. The molecule has 3 rings (SSSR count). The van der Waals surface area contributed by atoms with E-state index in [0.29, 0.717) is 27.5 Å². The number of nitrogens with one attached hydrogen (secondary N) is 1. The van der Waals surface area contributed by atoms with Crippen LogP contribution in [0.25, 0.3) is 10.4 Å². The van der Waals surface area contributed by atoms with E-state index in [1.165, 1.54) is 11.3 Å². The number of hydrogen-bond acceptors (Lipinski definition) is 6. The summed E-state index contributed by atoms with van der Waals surface area (Å²) in [5.74, 6) is -0.847. The monoisotopic (exact) mass is 408 g/mol. The zero-order valence-corrected chi connectivity index (χ0v) is 16.6. The summed E-state index contributed by atoms with van der Waals surface area (Å²) in [5, 5.41) is 14.9. The third kappa shape index (κ3) is 4.22. The van der Waals surface area contributed by atoms with Crippen molar-refractivity contribution in [3.05, 3.63) is 64.7 Å². The van der Waals surface area contributed by atoms with E-state index >= 15 is 0 Å². The Kier molecular flexibility index (Phi) is 6.09. The van der Waals surface area contributed by atoms with Crippen molar-refractivity contribution in [3.8, 4) is 16.5 Å². The first-order valence-corrected chi connectivity index (χ1v) is 10.1. The van der Waals surface area contributed by atoms with Crippen molar-refractivity contribution in [1.29, 1.82) is 5.26 Å². The van der Waals surface area contributed by atoms with Gasteiger partial charge in [-0.25, -0.2) is 4.98 Å². The Morgan fingerprint density at radius 2 is 2.00 bits per heavy atom. The van der Waals surface area contributed by atoms with E-state index in [1.807, 2.05) is 35.7 Å². The molecule has 0 saturated heterocycles. The summed E-state index contributed by atoms with van der Waals surface area (Å²) in [6.07, 6.45) is 0. The van der Waals surface area contributed by atoms with Gasteiger partial charge >= 0.3 is 0 Å². The number of nitrogens with two attached hydrogens (primary N) is 1. The molecule has 0 unspecified atom stereocenters. The second-order valence-corrected chi connectivity index (χ2v) is 7.70. The van der Waals surface area contributed by atoms with Crippen LogP contribution in [0.3, 0.4) is 0 Å². The molecule has 8 heteroatoms. The molecule has 6 nitrogen and oxygen atoms in total. The molecule has 28 heavy (non-hydrogen) atoms. The number of carbonyl (C=O) groups is 2. The molecule has 2 amide bonds. The smallest absolute Gasteiger partial charge is 0.258 e. The average Bonchev–Trinajstić information content (AvgIpc) is 3.20. The Balaban J connectivity index is 2.14. The molecule has 2 aromatic heterocycles. The number of thiophene rings is 1. The van der Waals surface area contributed by atoms with Crippen LogP contribution in [0.4, 0.5) is 5.69 Å². The molecule has 0 bridgehead atoms. The largest absolute Gasteiger partial charge is 0.369 e. The van der Waals surface area contributed by atoms with Crippen molar-refractivity contribution >= 4 is 40.6 Å². The van der Waals surface area contributed by atoms with Crippen molar-refractivity contribution < 1.29 is 9.59 Å². The fourth-order valence-corrected chi connectivity index (χ4v) is 4.24. The molecule has 3 aromatic rings. The zero-order chi connectivity index (χ0) is 20.1. The van der Waals surface area contributed by atoms with Crippen molar-refractivity contribution in [3.63, 3.8) is 0 Å². The maximum atomic E-state index is 13.1. The van der Waals surface area contributed by atoms with Crippen LogP contribution in [-0.2, 0) is 4.79 Å². The van der Waals surface area contributed by atoms with Crippen molar-refractivity contribution in [2.24, 2.45) is 5.73 Å². The number of benzene rings is 1. The van der Waals surface area contributed by atoms with E-state index in [-0.39, 0.29) is 17.2 Å². The first-order valence-electron chi connectivity index (χ1n) is 8.27. The Bertz CT molecular complexity index is 1060. The number of hydrogen-bond donors (Lipinski definition) is 2. The number of amides is 2. The lowest BCUT2D eigenvalue weighted by atomic mass is 9.99. The predicted molar refractivity (Wildman–Crippen MR) is 111 cm³/mol. The maximum absolute atomic E-state index is 13.1. The number of nitrogens with zero attached hydrogens (tertiary/aromatic N) is 2. The van der Waals surface area contributed by atoms with E-state index in [9.17, 15) is 14.9 Å². The molecule has 0 saturated carbocycles. The zero-order valence-electron chi connectivity index (χ0n) is 14.9. The standard InChI is InChI=1S/C20H16N4O2S2/c1-12-17(19(26)24-13-6-3-2-4-7-13)18(15-8-5-9-27-15)14(10-21)20(23-12)28-11-16(22)25/h2-9H,11H2,1H3,(H2,22,25)(H,24,26). The number of anilines is 1. The van der Waals surface area contributed by atoms with Gasteiger partial charge in [0.1, 0.15) is 11.1 Å². The van der Waals surface area contributed by atoms with E-state index < -0.39 is 5.91 Å². The van der Waals surface area contributed by atoms with Crippen molar-refractivity contribution in [2.75, 3.05) is 11.1 Å². The van der Waals surface area contributed by atoms with Crippen LogP contribution in [0.2, 0.25) is 0 Å². The van der Waals surface area contributed by atoms with Crippen LogP contribution < -0.4 is 11.1 Å². The van der Waals surface area contributed by atoms with Gasteiger partial charge in [-0.15, -0.1) is 11.3 Å². The molecule has 0 radical (unpaired) electrons. The van der Waals surface area contributed by atoms with Crippen LogP contribution >= 0.6 is 23.1 Å². The summed E-state index contributed by atoms with van der Waals surface area (Å²) in [4.78, 5) is 29.4. The first kappa shape index (κ1) is 19.6. The summed E-state index contributed by atoms with van der Waals surface area (Å²) in [6.45, 7) is 1.71. The Morgan fingerprint density at radius 1 is 1.25 bits per heavy atom. The molecule has 140 valence electrons. The summed E-state index contributed by atoms with van der Waals surface area (Å²) in [6, 6.07) is 14.9. The van der Waals surface area contributed by atoms with Crippen molar-refractivity contribution in [1.82, 2.24) is 4.98 Å². The SMILES string of the molecule is Cc1nc(SCC(N)=O)c(C#N)c(-c2cccs2)c1C(=O)Nc1ccccc1. The fraction of sp³-hybridized carbons (Fsp3) is 0.100. The topological polar surface area (TPSA) is 109 Å². The van der Waals surface area contributed by atoms with Crippen LogP contribution in [-0.4, -0.2) is 22.6 Å². The maximum Gasteiger partial charge on any atom is 0.258 e. The molecule has 0 aliphatic rings. The van der Waals surface area contributed by atoms with Gasteiger partial charge in [-0.3, -0.25) is 9.59 Å². The van der Waals surface area contributed by atoms with Gasteiger partial charge in [0.15, 0.2) is 0 Å². The summed E-state index contributed by atoms with van der Waals surface area (Å²) in [5.41, 5.74) is 7.48. The van der Waals surface area contributed by atoms with Crippen LogP contribution in [0, 0.1) is 18.3 Å². The predicted octanol–water partition coefficient (Wildman–Crippen LogP) is 3.82. The molecular formula is C20H16N4O2S2. The van der Waals surface area contributed by atoms with Gasteiger partial charge in [0.2, 0.25) is 5.91 Å². The van der Waals surface area contributed by atoms with Crippen molar-refractivity contribution in [2.45, 2.75) is 11.9 Å². The average molecular weight is 409 g/mol. The number of rotatable bonds is 6. The quantitative estimate of drug-likeness (QED) is 0.603. The summed E-state index contributed by atoms with van der Waals surface area (Å²) >= 11 is 2.52. The minimum absolute atomic E-state index is 0.000554. The van der Waals surface area contributed by atoms with E-state index in [2.05, 4.69) is 16.4 Å². The molecule has 0 atom stereocenters. The lowest BCUT2D eigenvalue weighted by molar-refractivity contribution is -0.115. The van der Waals surface area contributed by atoms with Gasteiger partial charge in [-0.1, -0.05) is 36.0 Å². The highest BCUT2D eigenvalue weighted by Gasteiger charge is 2.25. The second-order valence-electron chi connectivity index (χ2n) is 5.79. The van der Waals surface area contributed by atoms with Gasteiger partial charge in [0, 0.05) is 16.1 Å². The molecule has 0 aliphatic carbocycles. The highest BCUT2D eigenvalue weighted by atomic mass is 32.2. The molecular weight excluding hydrogens is 392 g/mol. The third-order valence-corrected chi connectivity index (χ3v) is 5.72. The van der Waals surface area contributed by atoms with Gasteiger partial charge in [0.25, 0.3) is 5.91 Å². The third-order valence-electron chi connectivity index (χ3n) is 3.83. The first-order chi connectivity index (χ1) is 13.5. The van der Waals surface area contributed by atoms with E-state index in [1.54, 1.807) is 19.1 Å². The summed E-state index contributed by atoms with van der Waals surface area (Å²) < 4.78 is 0. The molecule has 0 fully saturated rings. The van der Waals surface area contributed by atoms with Crippen LogP contribution in [0.5, 0.6) is 0 Å². The van der Waals surface area contributed by atoms with Crippen LogP contribution in [0.15, 0.2) is 52.9 Å². The second kappa shape index (κ2) is 8.69. The molecule has 0 aliphatic heterocycles. The molecule has 1 aromatic carbocycles.